The summed E-state index contributed by atoms with van der Waals surface area (Å²) in [5.41, 5.74) is 2.26. The van der Waals surface area contributed by atoms with Gasteiger partial charge in [0, 0.05) is 25.4 Å². The van der Waals surface area contributed by atoms with E-state index in [1.807, 2.05) is 24.3 Å². The molecule has 2 aromatic carbocycles. The first kappa shape index (κ1) is 19.5. The van der Waals surface area contributed by atoms with E-state index in [9.17, 15) is 9.90 Å². The van der Waals surface area contributed by atoms with Crippen LogP contribution >= 0.6 is 0 Å². The van der Waals surface area contributed by atoms with Gasteiger partial charge in [0.25, 0.3) is 5.91 Å². The molecule has 1 aromatic heterocycles. The van der Waals surface area contributed by atoms with Crippen LogP contribution in [0.3, 0.4) is 0 Å². The number of rotatable bonds is 6. The maximum Gasteiger partial charge on any atom is 0.260 e. The number of phenolic OH excluding ortho intramolecular Hbond substituents is 1. The Bertz CT molecular complexity index is 1020. The molecule has 0 atom stereocenters. The molecule has 152 valence electrons. The summed E-state index contributed by atoms with van der Waals surface area (Å²) in [6.45, 7) is 1.18. The van der Waals surface area contributed by atoms with Gasteiger partial charge in [-0.25, -0.2) is 4.98 Å². The summed E-state index contributed by atoms with van der Waals surface area (Å²) < 4.78 is 11.3. The van der Waals surface area contributed by atoms with E-state index in [4.69, 9.17) is 9.47 Å². The summed E-state index contributed by atoms with van der Waals surface area (Å²) in [7, 11) is 0. The van der Waals surface area contributed by atoms with Crippen LogP contribution < -0.4 is 9.47 Å². The van der Waals surface area contributed by atoms with Crippen molar-refractivity contribution in [3.8, 4) is 23.1 Å². The summed E-state index contributed by atoms with van der Waals surface area (Å²) >= 11 is 0. The van der Waals surface area contributed by atoms with Gasteiger partial charge in [0.1, 0.15) is 17.2 Å². The van der Waals surface area contributed by atoms with Crippen LogP contribution in [0, 0.1) is 0 Å². The predicted octanol–water partition coefficient (Wildman–Crippen LogP) is 4.27. The van der Waals surface area contributed by atoms with Crippen molar-refractivity contribution in [2.24, 2.45) is 0 Å². The minimum absolute atomic E-state index is 0.0111. The molecule has 6 nitrogen and oxygen atoms in total. The van der Waals surface area contributed by atoms with Crippen molar-refractivity contribution in [3.05, 3.63) is 84.6 Å². The van der Waals surface area contributed by atoms with Gasteiger partial charge >= 0.3 is 0 Å². The zero-order valence-electron chi connectivity index (χ0n) is 16.4. The third-order valence-electron chi connectivity index (χ3n) is 4.85. The summed E-state index contributed by atoms with van der Waals surface area (Å²) in [5, 5.41) is 9.41. The Kier molecular flexibility index (Phi) is 5.94. The molecule has 6 heteroatoms. The number of carbonyl (C=O) groups is 1. The Morgan fingerprint density at radius 1 is 1.00 bits per heavy atom. The molecule has 0 radical (unpaired) electrons. The van der Waals surface area contributed by atoms with Gasteiger partial charge in [0.15, 0.2) is 6.61 Å². The first-order chi connectivity index (χ1) is 14.7. The number of phenols is 1. The fourth-order valence-corrected chi connectivity index (χ4v) is 3.20. The van der Waals surface area contributed by atoms with Gasteiger partial charge in [-0.3, -0.25) is 4.79 Å². The van der Waals surface area contributed by atoms with Gasteiger partial charge in [0.2, 0.25) is 5.88 Å². The molecule has 2 heterocycles. The predicted molar refractivity (Wildman–Crippen MR) is 114 cm³/mol. The van der Waals surface area contributed by atoms with E-state index in [0.717, 1.165) is 12.0 Å². The van der Waals surface area contributed by atoms with Crippen LogP contribution in [0.25, 0.3) is 5.57 Å². The lowest BCUT2D eigenvalue weighted by atomic mass is 9.99. The van der Waals surface area contributed by atoms with E-state index in [1.165, 1.54) is 5.57 Å². The molecule has 0 unspecified atom stereocenters. The molecule has 0 fully saturated rings. The van der Waals surface area contributed by atoms with Gasteiger partial charge < -0.3 is 19.5 Å². The minimum Gasteiger partial charge on any atom is -0.508 e. The Labute approximate surface area is 175 Å². The Hall–Kier alpha value is -3.80. The van der Waals surface area contributed by atoms with Gasteiger partial charge in [-0.15, -0.1) is 0 Å². The van der Waals surface area contributed by atoms with Gasteiger partial charge in [-0.2, -0.15) is 0 Å². The fraction of sp³-hybridized carbons (Fsp3) is 0.167. The number of benzene rings is 2. The minimum atomic E-state index is -0.0511. The van der Waals surface area contributed by atoms with Crippen molar-refractivity contribution in [2.45, 2.75) is 6.42 Å². The molecule has 3 aromatic rings. The zero-order valence-corrected chi connectivity index (χ0v) is 16.4. The Morgan fingerprint density at radius 2 is 1.77 bits per heavy atom. The second-order valence-electron chi connectivity index (χ2n) is 6.90. The van der Waals surface area contributed by atoms with Gasteiger partial charge in [-0.05, 0) is 60.0 Å². The molecule has 1 aliphatic heterocycles. The first-order valence-corrected chi connectivity index (χ1v) is 9.75. The van der Waals surface area contributed by atoms with Crippen LogP contribution in [-0.2, 0) is 4.79 Å². The number of nitrogens with zero attached hydrogens (tertiary/aromatic N) is 2. The summed E-state index contributed by atoms with van der Waals surface area (Å²) in [4.78, 5) is 18.4. The monoisotopic (exact) mass is 402 g/mol. The average molecular weight is 402 g/mol. The Morgan fingerprint density at radius 3 is 2.43 bits per heavy atom. The molecular weight excluding hydrogens is 380 g/mol. The summed E-state index contributed by atoms with van der Waals surface area (Å²) in [6, 6.07) is 19.7. The quantitative estimate of drug-likeness (QED) is 0.667. The SMILES string of the molecule is O=C(COc1ccc(Oc2ccccn2)cc1)N1CC=C(c2ccc(O)cc2)CC1. The molecule has 0 saturated heterocycles. The molecule has 1 amide bonds. The molecular formula is C24H22N2O4. The smallest absolute Gasteiger partial charge is 0.260 e. The maximum absolute atomic E-state index is 12.5. The van der Waals surface area contributed by atoms with E-state index < -0.39 is 0 Å². The lowest BCUT2D eigenvalue weighted by Crippen LogP contribution is -2.37. The van der Waals surface area contributed by atoms with Crippen molar-refractivity contribution in [1.82, 2.24) is 9.88 Å². The highest BCUT2D eigenvalue weighted by Crippen LogP contribution is 2.25. The lowest BCUT2D eigenvalue weighted by Gasteiger charge is -2.26. The number of ether oxygens (including phenoxy) is 2. The van der Waals surface area contributed by atoms with Crippen molar-refractivity contribution in [1.29, 1.82) is 0 Å². The topological polar surface area (TPSA) is 71.9 Å². The van der Waals surface area contributed by atoms with Crippen LogP contribution in [0.1, 0.15) is 12.0 Å². The van der Waals surface area contributed by atoms with E-state index in [2.05, 4.69) is 11.1 Å². The molecule has 1 N–H and O–H groups in total. The molecule has 30 heavy (non-hydrogen) atoms. The van der Waals surface area contributed by atoms with Crippen molar-refractivity contribution in [2.75, 3.05) is 19.7 Å². The number of aromatic hydroxyl groups is 1. The summed E-state index contributed by atoms with van der Waals surface area (Å²) in [5.74, 6) is 1.97. The first-order valence-electron chi connectivity index (χ1n) is 9.75. The van der Waals surface area contributed by atoms with Crippen LogP contribution in [-0.4, -0.2) is 40.6 Å². The highest BCUT2D eigenvalue weighted by atomic mass is 16.5. The van der Waals surface area contributed by atoms with Crippen LogP contribution in [0.4, 0.5) is 0 Å². The maximum atomic E-state index is 12.5. The van der Waals surface area contributed by atoms with Crippen molar-refractivity contribution >= 4 is 11.5 Å². The molecule has 4 rings (SSSR count). The highest BCUT2D eigenvalue weighted by molar-refractivity contribution is 5.79. The molecule has 1 aliphatic rings. The number of aromatic nitrogens is 1. The number of hydrogen-bond donors (Lipinski definition) is 1. The van der Waals surface area contributed by atoms with E-state index >= 15 is 0 Å². The fourth-order valence-electron chi connectivity index (χ4n) is 3.20. The standard InChI is InChI=1S/C24H22N2O4/c27-20-6-4-18(5-7-20)19-12-15-26(16-13-19)24(28)17-29-21-8-10-22(11-9-21)30-23-3-1-2-14-25-23/h1-12,14,27H,13,15-17H2. The van der Waals surface area contributed by atoms with E-state index in [0.29, 0.717) is 30.5 Å². The highest BCUT2D eigenvalue weighted by Gasteiger charge is 2.18. The number of hydrogen-bond acceptors (Lipinski definition) is 5. The van der Waals surface area contributed by atoms with Gasteiger partial charge in [0.05, 0.1) is 0 Å². The zero-order chi connectivity index (χ0) is 20.8. The summed E-state index contributed by atoms with van der Waals surface area (Å²) in [6.07, 6.45) is 4.50. The number of pyridine rings is 1. The molecule has 0 bridgehead atoms. The van der Waals surface area contributed by atoms with Crippen molar-refractivity contribution < 1.29 is 19.4 Å². The second-order valence-corrected chi connectivity index (χ2v) is 6.90. The Balaban J connectivity index is 1.27. The molecule has 0 saturated carbocycles. The third-order valence-corrected chi connectivity index (χ3v) is 4.85. The molecule has 0 spiro atoms. The van der Waals surface area contributed by atoms with Crippen molar-refractivity contribution in [3.63, 3.8) is 0 Å². The lowest BCUT2D eigenvalue weighted by molar-refractivity contribution is -0.132. The third kappa shape index (κ3) is 4.97. The largest absolute Gasteiger partial charge is 0.508 e. The number of amides is 1. The normalized spacial score (nSPS) is 13.5. The van der Waals surface area contributed by atoms with Crippen LogP contribution in [0.15, 0.2) is 79.0 Å². The molecule has 0 aliphatic carbocycles. The van der Waals surface area contributed by atoms with Crippen LogP contribution in [0.5, 0.6) is 23.1 Å². The van der Waals surface area contributed by atoms with Gasteiger partial charge in [-0.1, -0.05) is 24.3 Å². The van der Waals surface area contributed by atoms with Crippen LogP contribution in [0.2, 0.25) is 0 Å². The number of carbonyl (C=O) groups excluding carboxylic acids is 1. The van der Waals surface area contributed by atoms with E-state index in [1.54, 1.807) is 53.6 Å². The second kappa shape index (κ2) is 9.13. The van der Waals surface area contributed by atoms with E-state index in [-0.39, 0.29) is 18.3 Å². The average Bonchev–Trinajstić information content (AvgIpc) is 2.80.